The summed E-state index contributed by atoms with van der Waals surface area (Å²) in [5, 5.41) is 17.2. The quantitative estimate of drug-likeness (QED) is 0.377. The highest BCUT2D eigenvalue weighted by Gasteiger charge is 2.08. The summed E-state index contributed by atoms with van der Waals surface area (Å²) in [4.78, 5) is 33.3. The summed E-state index contributed by atoms with van der Waals surface area (Å²) < 4.78 is 5.60. The standard InChI is InChI=1S/C20H16N4O5/c1-13(25)22-16-6-2-15(3-7-16)20(26)23-21-12-18-10-11-19(29-18)14-4-8-17(9-5-14)24(27)28/h2-12H,1H3,(H,22,25)(H,23,26)/b21-12-. The summed E-state index contributed by atoms with van der Waals surface area (Å²) in [6.07, 6.45) is 1.35. The van der Waals surface area contributed by atoms with E-state index in [1.54, 1.807) is 48.5 Å². The van der Waals surface area contributed by atoms with E-state index in [2.05, 4.69) is 15.8 Å². The van der Waals surface area contributed by atoms with Gasteiger partial charge in [-0.15, -0.1) is 0 Å². The van der Waals surface area contributed by atoms with Crippen molar-refractivity contribution in [2.24, 2.45) is 5.10 Å². The van der Waals surface area contributed by atoms with E-state index < -0.39 is 10.8 Å². The zero-order chi connectivity index (χ0) is 20.8. The number of benzene rings is 2. The second-order valence-electron chi connectivity index (χ2n) is 5.96. The van der Waals surface area contributed by atoms with Crippen molar-refractivity contribution in [1.82, 2.24) is 5.43 Å². The zero-order valence-corrected chi connectivity index (χ0v) is 15.3. The molecular formula is C20H16N4O5. The third-order valence-electron chi connectivity index (χ3n) is 3.81. The van der Waals surface area contributed by atoms with Gasteiger partial charge in [-0.25, -0.2) is 5.43 Å². The SMILES string of the molecule is CC(=O)Nc1ccc(C(=O)N/N=C\c2ccc(-c3ccc([N+](=O)[O-])cc3)o2)cc1. The van der Waals surface area contributed by atoms with Crippen LogP contribution in [0.2, 0.25) is 0 Å². The van der Waals surface area contributed by atoms with E-state index in [0.717, 1.165) is 0 Å². The van der Waals surface area contributed by atoms with Gasteiger partial charge >= 0.3 is 0 Å². The average molecular weight is 392 g/mol. The number of furan rings is 1. The van der Waals surface area contributed by atoms with Crippen LogP contribution in [0.15, 0.2) is 70.2 Å². The molecule has 0 aliphatic rings. The van der Waals surface area contributed by atoms with Gasteiger partial charge in [0.05, 0.1) is 11.1 Å². The first-order valence-corrected chi connectivity index (χ1v) is 8.48. The predicted molar refractivity (Wildman–Crippen MR) is 107 cm³/mol. The molecule has 0 aliphatic heterocycles. The van der Waals surface area contributed by atoms with Gasteiger partial charge in [-0.2, -0.15) is 5.10 Å². The predicted octanol–water partition coefficient (Wildman–Crippen LogP) is 3.58. The van der Waals surface area contributed by atoms with Crippen LogP contribution >= 0.6 is 0 Å². The van der Waals surface area contributed by atoms with Crippen molar-refractivity contribution >= 4 is 29.4 Å². The minimum Gasteiger partial charge on any atom is -0.455 e. The lowest BCUT2D eigenvalue weighted by molar-refractivity contribution is -0.384. The fourth-order valence-corrected chi connectivity index (χ4v) is 2.45. The van der Waals surface area contributed by atoms with E-state index in [4.69, 9.17) is 4.42 Å². The van der Waals surface area contributed by atoms with Gasteiger partial charge in [-0.3, -0.25) is 19.7 Å². The average Bonchev–Trinajstić information content (AvgIpc) is 3.17. The Morgan fingerprint density at radius 1 is 1.03 bits per heavy atom. The smallest absolute Gasteiger partial charge is 0.271 e. The van der Waals surface area contributed by atoms with Crippen LogP contribution in [0.1, 0.15) is 23.0 Å². The third-order valence-corrected chi connectivity index (χ3v) is 3.81. The second-order valence-corrected chi connectivity index (χ2v) is 5.96. The van der Waals surface area contributed by atoms with E-state index in [-0.39, 0.29) is 11.6 Å². The van der Waals surface area contributed by atoms with E-state index in [1.165, 1.54) is 25.3 Å². The van der Waals surface area contributed by atoms with Crippen LogP contribution in [0.3, 0.4) is 0 Å². The molecule has 3 aromatic rings. The molecule has 0 unspecified atom stereocenters. The topological polar surface area (TPSA) is 127 Å². The number of hydrazone groups is 1. The van der Waals surface area contributed by atoms with Gasteiger partial charge < -0.3 is 9.73 Å². The minimum absolute atomic E-state index is 0.00471. The second kappa shape index (κ2) is 8.61. The summed E-state index contributed by atoms with van der Waals surface area (Å²) in [7, 11) is 0. The van der Waals surface area contributed by atoms with E-state index in [0.29, 0.717) is 28.3 Å². The maximum Gasteiger partial charge on any atom is 0.271 e. The van der Waals surface area contributed by atoms with Crippen molar-refractivity contribution in [1.29, 1.82) is 0 Å². The van der Waals surface area contributed by atoms with Gasteiger partial charge in [0.25, 0.3) is 11.6 Å². The fraction of sp³-hybridized carbons (Fsp3) is 0.0500. The Balaban J connectivity index is 1.60. The van der Waals surface area contributed by atoms with Crippen LogP contribution in [0, 0.1) is 10.1 Å². The number of anilines is 1. The number of hydrogen-bond acceptors (Lipinski definition) is 6. The molecule has 2 N–H and O–H groups in total. The lowest BCUT2D eigenvalue weighted by atomic mass is 10.1. The van der Waals surface area contributed by atoms with Gasteiger partial charge in [0.1, 0.15) is 11.5 Å². The molecule has 9 heteroatoms. The molecule has 2 amide bonds. The minimum atomic E-state index is -0.472. The molecule has 0 fully saturated rings. The zero-order valence-electron chi connectivity index (χ0n) is 15.3. The molecule has 0 spiro atoms. The molecule has 0 saturated heterocycles. The molecule has 1 heterocycles. The van der Waals surface area contributed by atoms with Gasteiger partial charge in [0.15, 0.2) is 0 Å². The van der Waals surface area contributed by atoms with Crippen LogP contribution < -0.4 is 10.7 Å². The highest BCUT2D eigenvalue weighted by atomic mass is 16.6. The van der Waals surface area contributed by atoms with Crippen LogP contribution in [-0.4, -0.2) is 23.0 Å². The Bertz CT molecular complexity index is 1070. The number of rotatable bonds is 6. The molecule has 0 bridgehead atoms. The summed E-state index contributed by atoms with van der Waals surface area (Å²) >= 11 is 0. The Hall–Kier alpha value is -4.27. The largest absolute Gasteiger partial charge is 0.455 e. The highest BCUT2D eigenvalue weighted by Crippen LogP contribution is 2.24. The number of nitrogens with one attached hydrogen (secondary N) is 2. The van der Waals surface area contributed by atoms with Gasteiger partial charge in [-0.05, 0) is 48.5 Å². The number of nitro benzene ring substituents is 1. The molecule has 1 aromatic heterocycles. The summed E-state index contributed by atoms with van der Waals surface area (Å²) in [5.41, 5.74) is 4.03. The molecule has 0 aliphatic carbocycles. The molecule has 29 heavy (non-hydrogen) atoms. The molecule has 0 atom stereocenters. The van der Waals surface area contributed by atoms with Crippen molar-refractivity contribution < 1.29 is 18.9 Å². The Labute approximate surface area is 165 Å². The molecule has 2 aromatic carbocycles. The van der Waals surface area contributed by atoms with Crippen LogP contribution in [0.25, 0.3) is 11.3 Å². The van der Waals surface area contributed by atoms with Gasteiger partial charge in [0, 0.05) is 35.9 Å². The molecule has 3 rings (SSSR count). The highest BCUT2D eigenvalue weighted by molar-refractivity contribution is 5.96. The first-order chi connectivity index (χ1) is 13.9. The number of amides is 2. The maximum atomic E-state index is 12.1. The summed E-state index contributed by atoms with van der Waals surface area (Å²) in [6.45, 7) is 1.40. The Morgan fingerprint density at radius 3 is 2.34 bits per heavy atom. The van der Waals surface area contributed by atoms with Crippen LogP contribution in [-0.2, 0) is 4.79 Å². The van der Waals surface area contributed by atoms with Crippen molar-refractivity contribution in [2.45, 2.75) is 6.92 Å². The van der Waals surface area contributed by atoms with Crippen LogP contribution in [0.4, 0.5) is 11.4 Å². The van der Waals surface area contributed by atoms with Crippen molar-refractivity contribution in [3.05, 3.63) is 82.1 Å². The van der Waals surface area contributed by atoms with Crippen LogP contribution in [0.5, 0.6) is 0 Å². The number of nitrogens with zero attached hydrogens (tertiary/aromatic N) is 2. The van der Waals surface area contributed by atoms with E-state index in [1.807, 2.05) is 0 Å². The molecule has 146 valence electrons. The van der Waals surface area contributed by atoms with E-state index >= 15 is 0 Å². The monoisotopic (exact) mass is 392 g/mol. The first kappa shape index (κ1) is 19.5. The Kier molecular flexibility index (Phi) is 5.79. The van der Waals surface area contributed by atoms with Gasteiger partial charge in [-0.1, -0.05) is 0 Å². The number of nitro groups is 1. The van der Waals surface area contributed by atoms with E-state index in [9.17, 15) is 19.7 Å². The molecular weight excluding hydrogens is 376 g/mol. The first-order valence-electron chi connectivity index (χ1n) is 8.48. The number of carbonyl (C=O) groups excluding carboxylic acids is 2. The summed E-state index contributed by atoms with van der Waals surface area (Å²) in [5.74, 6) is 0.303. The fourth-order valence-electron chi connectivity index (χ4n) is 2.45. The number of carbonyl (C=O) groups is 2. The maximum absolute atomic E-state index is 12.1. The van der Waals surface area contributed by atoms with Crippen molar-refractivity contribution in [3.63, 3.8) is 0 Å². The normalized spacial score (nSPS) is 10.7. The Morgan fingerprint density at radius 2 is 1.72 bits per heavy atom. The molecule has 0 radical (unpaired) electrons. The lowest BCUT2D eigenvalue weighted by Crippen LogP contribution is -2.17. The lowest BCUT2D eigenvalue weighted by Gasteiger charge is -2.03. The number of hydrogen-bond donors (Lipinski definition) is 2. The van der Waals surface area contributed by atoms with Crippen molar-refractivity contribution in [2.75, 3.05) is 5.32 Å². The summed E-state index contributed by atoms with van der Waals surface area (Å²) in [6, 6.07) is 15.7. The third kappa shape index (κ3) is 5.13. The van der Waals surface area contributed by atoms with Crippen molar-refractivity contribution in [3.8, 4) is 11.3 Å². The molecule has 0 saturated carbocycles. The molecule has 9 nitrogen and oxygen atoms in total. The number of non-ortho nitro benzene ring substituents is 1. The van der Waals surface area contributed by atoms with Gasteiger partial charge in [0.2, 0.25) is 5.91 Å².